The lowest BCUT2D eigenvalue weighted by molar-refractivity contribution is -0.182. The van der Waals surface area contributed by atoms with Gasteiger partial charge in [0.15, 0.2) is 5.76 Å². The van der Waals surface area contributed by atoms with E-state index in [1.165, 1.54) is 18.5 Å². The van der Waals surface area contributed by atoms with Gasteiger partial charge in [0.2, 0.25) is 0 Å². The first-order valence-electron chi connectivity index (χ1n) is 8.28. The van der Waals surface area contributed by atoms with Crippen LogP contribution in [-0.2, 0) is 18.0 Å². The molecule has 1 amide bonds. The molecule has 0 saturated carbocycles. The number of carbonyl (C=O) groups excluding carboxylic acids is 1. The normalized spacial score (nSPS) is 11.8. The van der Waals surface area contributed by atoms with Crippen molar-refractivity contribution in [3.05, 3.63) is 53.5 Å². The number of amides is 1. The highest BCUT2D eigenvalue weighted by Crippen LogP contribution is 2.16. The molecule has 0 spiro atoms. The average Bonchev–Trinajstić information content (AvgIpc) is 3.29. The second-order valence-corrected chi connectivity index (χ2v) is 6.17. The number of aromatic nitrogens is 4. The Morgan fingerprint density at radius 2 is 2.11 bits per heavy atom. The van der Waals surface area contributed by atoms with E-state index in [-0.39, 0.29) is 12.5 Å². The van der Waals surface area contributed by atoms with Crippen LogP contribution in [0.3, 0.4) is 0 Å². The lowest BCUT2D eigenvalue weighted by Gasteiger charge is -2.07. The van der Waals surface area contributed by atoms with E-state index in [0.717, 1.165) is 16.1 Å². The van der Waals surface area contributed by atoms with Gasteiger partial charge < -0.3 is 14.5 Å². The van der Waals surface area contributed by atoms with Gasteiger partial charge in [-0.2, -0.15) is 23.4 Å². The van der Waals surface area contributed by atoms with Gasteiger partial charge in [0.25, 0.3) is 5.91 Å². The number of hydrogen-bond donors (Lipinski definition) is 1. The molecule has 3 heterocycles. The summed E-state index contributed by atoms with van der Waals surface area (Å²) in [6.45, 7) is 2.44. The fourth-order valence-corrected chi connectivity index (χ4v) is 2.51. The molecule has 0 unspecified atom stereocenters. The van der Waals surface area contributed by atoms with Crippen LogP contribution in [0.1, 0.15) is 27.7 Å². The van der Waals surface area contributed by atoms with Crippen LogP contribution in [0, 0.1) is 13.8 Å². The number of furan rings is 1. The molecule has 1 N–H and O–H groups in total. The molecule has 0 bridgehead atoms. The summed E-state index contributed by atoms with van der Waals surface area (Å²) >= 11 is 0. The highest BCUT2D eigenvalue weighted by molar-refractivity contribution is 6.02. The highest BCUT2D eigenvalue weighted by Gasteiger charge is 2.27. The molecule has 28 heavy (non-hydrogen) atoms. The standard InChI is InChI=1S/C17H18F3N5O3/c1-11-5-12(2)25(23-11)8-14-3-4-15(28-14)16(26)22-13-6-21-24(7-13)10-27-9-17(18,19)20/h3-7H,8-10H2,1-2H3,(H,22,26). The van der Waals surface area contributed by atoms with E-state index in [1.807, 2.05) is 19.9 Å². The van der Waals surface area contributed by atoms with E-state index in [0.29, 0.717) is 18.0 Å². The third kappa shape index (κ3) is 5.22. The lowest BCUT2D eigenvalue weighted by atomic mass is 10.4. The topological polar surface area (TPSA) is 87.1 Å². The van der Waals surface area contributed by atoms with Gasteiger partial charge >= 0.3 is 6.18 Å². The predicted octanol–water partition coefficient (Wildman–Crippen LogP) is 3.13. The van der Waals surface area contributed by atoms with Crippen LogP contribution in [0.15, 0.2) is 35.0 Å². The minimum atomic E-state index is -4.41. The Morgan fingerprint density at radius 1 is 1.32 bits per heavy atom. The van der Waals surface area contributed by atoms with Crippen molar-refractivity contribution >= 4 is 11.6 Å². The van der Waals surface area contributed by atoms with Gasteiger partial charge in [-0.25, -0.2) is 4.68 Å². The Kier molecular flexibility index (Phi) is 5.54. The molecule has 3 rings (SSSR count). The molecule has 150 valence electrons. The van der Waals surface area contributed by atoms with E-state index >= 15 is 0 Å². The average molecular weight is 397 g/mol. The molecular formula is C17H18F3N5O3. The van der Waals surface area contributed by atoms with Gasteiger partial charge in [-0.05, 0) is 32.0 Å². The first-order valence-corrected chi connectivity index (χ1v) is 8.28. The number of alkyl halides is 3. The van der Waals surface area contributed by atoms with E-state index in [2.05, 4.69) is 20.3 Å². The van der Waals surface area contributed by atoms with Crippen LogP contribution in [0.5, 0.6) is 0 Å². The zero-order chi connectivity index (χ0) is 20.3. The van der Waals surface area contributed by atoms with Crippen molar-refractivity contribution in [3.63, 3.8) is 0 Å². The summed E-state index contributed by atoms with van der Waals surface area (Å²) < 4.78 is 49.1. The van der Waals surface area contributed by atoms with Crippen molar-refractivity contribution in [2.24, 2.45) is 0 Å². The second-order valence-electron chi connectivity index (χ2n) is 6.17. The summed E-state index contributed by atoms with van der Waals surface area (Å²) in [5, 5.41) is 10.7. The van der Waals surface area contributed by atoms with Gasteiger partial charge in [-0.1, -0.05) is 0 Å². The molecule has 3 aromatic heterocycles. The smallest absolute Gasteiger partial charge is 0.411 e. The van der Waals surface area contributed by atoms with Crippen molar-refractivity contribution in [2.45, 2.75) is 33.3 Å². The Bertz CT molecular complexity index is 958. The van der Waals surface area contributed by atoms with Gasteiger partial charge in [-0.15, -0.1) is 0 Å². The molecule has 0 fully saturated rings. The van der Waals surface area contributed by atoms with E-state index in [4.69, 9.17) is 4.42 Å². The number of nitrogens with zero attached hydrogens (tertiary/aromatic N) is 4. The molecular weight excluding hydrogens is 379 g/mol. The number of halogens is 3. The molecule has 11 heteroatoms. The minimum absolute atomic E-state index is 0.0950. The van der Waals surface area contributed by atoms with Crippen LogP contribution in [0.25, 0.3) is 0 Å². The first kappa shape index (κ1) is 19.7. The van der Waals surface area contributed by atoms with E-state index in [9.17, 15) is 18.0 Å². The van der Waals surface area contributed by atoms with Crippen LogP contribution in [0.2, 0.25) is 0 Å². The number of rotatable bonds is 7. The SMILES string of the molecule is Cc1cc(C)n(Cc2ccc(C(=O)Nc3cnn(COCC(F)(F)F)c3)o2)n1. The molecule has 0 aliphatic rings. The maximum Gasteiger partial charge on any atom is 0.411 e. The Hall–Kier alpha value is -3.08. The van der Waals surface area contributed by atoms with E-state index < -0.39 is 18.7 Å². The minimum Gasteiger partial charge on any atom is -0.454 e. The van der Waals surface area contributed by atoms with Crippen molar-refractivity contribution in [2.75, 3.05) is 11.9 Å². The van der Waals surface area contributed by atoms with Crippen molar-refractivity contribution < 1.29 is 27.1 Å². The van der Waals surface area contributed by atoms with Gasteiger partial charge in [0.1, 0.15) is 19.1 Å². The third-order valence-electron chi connectivity index (χ3n) is 3.67. The number of carbonyl (C=O) groups is 1. The fraction of sp³-hybridized carbons (Fsp3) is 0.353. The van der Waals surface area contributed by atoms with Crippen molar-refractivity contribution in [1.29, 1.82) is 0 Å². The van der Waals surface area contributed by atoms with Crippen LogP contribution >= 0.6 is 0 Å². The monoisotopic (exact) mass is 397 g/mol. The number of anilines is 1. The van der Waals surface area contributed by atoms with E-state index in [1.54, 1.807) is 10.7 Å². The molecule has 8 nitrogen and oxygen atoms in total. The number of hydrogen-bond acceptors (Lipinski definition) is 5. The van der Waals surface area contributed by atoms with Gasteiger partial charge in [-0.3, -0.25) is 9.48 Å². The Morgan fingerprint density at radius 3 is 2.79 bits per heavy atom. The number of nitrogens with one attached hydrogen (secondary N) is 1. The second kappa shape index (κ2) is 7.89. The molecule has 0 aromatic carbocycles. The highest BCUT2D eigenvalue weighted by atomic mass is 19.4. The van der Waals surface area contributed by atoms with Crippen LogP contribution < -0.4 is 5.32 Å². The molecule has 0 saturated heterocycles. The molecule has 0 aliphatic heterocycles. The summed E-state index contributed by atoms with van der Waals surface area (Å²) in [6.07, 6.45) is -1.75. The summed E-state index contributed by atoms with van der Waals surface area (Å²) in [4.78, 5) is 12.3. The predicted molar refractivity (Wildman–Crippen MR) is 91.7 cm³/mol. The summed E-state index contributed by atoms with van der Waals surface area (Å²) in [5.41, 5.74) is 2.16. The number of aryl methyl sites for hydroxylation is 2. The maximum absolute atomic E-state index is 12.3. The maximum atomic E-state index is 12.3. The van der Waals surface area contributed by atoms with Gasteiger partial charge in [0.05, 0.1) is 30.3 Å². The summed E-state index contributed by atoms with van der Waals surface area (Å²) in [7, 11) is 0. The molecule has 0 atom stereocenters. The Labute approximate surface area is 157 Å². The lowest BCUT2D eigenvalue weighted by Crippen LogP contribution is -2.18. The summed E-state index contributed by atoms with van der Waals surface area (Å²) in [5.74, 6) is 0.153. The zero-order valence-electron chi connectivity index (χ0n) is 15.2. The largest absolute Gasteiger partial charge is 0.454 e. The fourth-order valence-electron chi connectivity index (χ4n) is 2.51. The molecule has 0 aliphatic carbocycles. The zero-order valence-corrected chi connectivity index (χ0v) is 15.2. The van der Waals surface area contributed by atoms with Crippen molar-refractivity contribution in [3.8, 4) is 0 Å². The molecule has 3 aromatic rings. The van der Waals surface area contributed by atoms with Gasteiger partial charge in [0, 0.05) is 5.69 Å². The summed E-state index contributed by atoms with van der Waals surface area (Å²) in [6, 6.07) is 5.15. The quantitative estimate of drug-likeness (QED) is 0.662. The first-order chi connectivity index (χ1) is 13.2. The number of ether oxygens (including phenoxy) is 1. The van der Waals surface area contributed by atoms with Crippen LogP contribution in [-0.4, -0.2) is 38.3 Å². The molecule has 0 radical (unpaired) electrons. The van der Waals surface area contributed by atoms with Crippen LogP contribution in [0.4, 0.5) is 18.9 Å². The van der Waals surface area contributed by atoms with Crippen molar-refractivity contribution in [1.82, 2.24) is 19.6 Å². The Balaban J connectivity index is 1.55. The third-order valence-corrected chi connectivity index (χ3v) is 3.67.